The predicted molar refractivity (Wildman–Crippen MR) is 97.4 cm³/mol. The van der Waals surface area contributed by atoms with Gasteiger partial charge >= 0.3 is 0 Å². The molecule has 2 aromatic carbocycles. The molecule has 0 saturated heterocycles. The summed E-state index contributed by atoms with van der Waals surface area (Å²) < 4.78 is 4.87. The molecule has 0 bridgehead atoms. The maximum Gasteiger partial charge on any atom is 0.251 e. The predicted octanol–water partition coefficient (Wildman–Crippen LogP) is 1.79. The van der Waals surface area contributed by atoms with E-state index in [2.05, 4.69) is 16.0 Å². The van der Waals surface area contributed by atoms with Gasteiger partial charge in [-0.3, -0.25) is 9.59 Å². The third kappa shape index (κ3) is 6.64. The van der Waals surface area contributed by atoms with Gasteiger partial charge in [-0.15, -0.1) is 0 Å². The molecule has 2 rings (SSSR count). The van der Waals surface area contributed by atoms with E-state index in [1.165, 1.54) is 0 Å². The molecule has 132 valence electrons. The van der Waals surface area contributed by atoms with Gasteiger partial charge in [0, 0.05) is 31.5 Å². The summed E-state index contributed by atoms with van der Waals surface area (Å²) in [5.74, 6) is -0.284. The number of ether oxygens (including phenoxy) is 1. The number of amides is 2. The highest BCUT2D eigenvalue weighted by atomic mass is 16.5. The van der Waals surface area contributed by atoms with Gasteiger partial charge in [-0.05, 0) is 23.8 Å². The van der Waals surface area contributed by atoms with Crippen molar-refractivity contribution < 1.29 is 14.3 Å². The minimum absolute atomic E-state index is 0.129. The summed E-state index contributed by atoms with van der Waals surface area (Å²) in [6.07, 6.45) is 0. The van der Waals surface area contributed by atoms with Crippen molar-refractivity contribution >= 4 is 17.5 Å². The molecule has 0 aliphatic carbocycles. The molecule has 0 aliphatic heterocycles. The van der Waals surface area contributed by atoms with Gasteiger partial charge in [-0.1, -0.05) is 36.4 Å². The molecule has 2 aromatic rings. The fraction of sp³-hybridized carbons (Fsp3) is 0.263. The van der Waals surface area contributed by atoms with E-state index in [-0.39, 0.29) is 18.4 Å². The lowest BCUT2D eigenvalue weighted by molar-refractivity contribution is -0.119. The maximum absolute atomic E-state index is 12.3. The summed E-state index contributed by atoms with van der Waals surface area (Å²) in [5.41, 5.74) is 2.30. The number of rotatable bonds is 9. The van der Waals surface area contributed by atoms with Crippen molar-refractivity contribution in [2.75, 3.05) is 32.1 Å². The van der Waals surface area contributed by atoms with Gasteiger partial charge in [0.15, 0.2) is 0 Å². The van der Waals surface area contributed by atoms with Crippen LogP contribution in [-0.2, 0) is 16.1 Å². The zero-order valence-corrected chi connectivity index (χ0v) is 14.2. The quantitative estimate of drug-likeness (QED) is 0.608. The van der Waals surface area contributed by atoms with Crippen LogP contribution in [0.4, 0.5) is 5.69 Å². The van der Waals surface area contributed by atoms with Crippen molar-refractivity contribution in [3.63, 3.8) is 0 Å². The fourth-order valence-corrected chi connectivity index (χ4v) is 2.19. The molecular weight excluding hydrogens is 318 g/mol. The smallest absolute Gasteiger partial charge is 0.251 e. The van der Waals surface area contributed by atoms with Crippen LogP contribution >= 0.6 is 0 Å². The molecule has 6 nitrogen and oxygen atoms in total. The van der Waals surface area contributed by atoms with Gasteiger partial charge in [-0.25, -0.2) is 0 Å². The Kier molecular flexibility index (Phi) is 7.46. The highest BCUT2D eigenvalue weighted by molar-refractivity contribution is 5.95. The molecule has 0 fully saturated rings. The third-order valence-electron chi connectivity index (χ3n) is 3.50. The second kappa shape index (κ2) is 10.1. The Labute approximate surface area is 147 Å². The normalized spacial score (nSPS) is 10.1. The van der Waals surface area contributed by atoms with E-state index in [1.807, 2.05) is 36.4 Å². The van der Waals surface area contributed by atoms with Gasteiger partial charge in [0.25, 0.3) is 5.91 Å². The summed E-state index contributed by atoms with van der Waals surface area (Å²) in [4.78, 5) is 23.9. The number of hydrogen-bond acceptors (Lipinski definition) is 4. The standard InChI is InChI=1S/C19H23N3O3/c1-25-11-10-20-18(23)14-21-17-9-5-8-16(12-17)19(24)22-13-15-6-3-2-4-7-15/h2-9,12,21H,10-11,13-14H2,1H3,(H,20,23)(H,22,24). The van der Waals surface area contributed by atoms with Crippen LogP contribution in [0.5, 0.6) is 0 Å². The Morgan fingerprint density at radius 1 is 1.00 bits per heavy atom. The average molecular weight is 341 g/mol. The zero-order chi connectivity index (χ0) is 17.9. The molecule has 0 saturated carbocycles. The Morgan fingerprint density at radius 3 is 2.56 bits per heavy atom. The summed E-state index contributed by atoms with van der Waals surface area (Å²) in [6, 6.07) is 16.8. The van der Waals surface area contributed by atoms with Crippen LogP contribution in [-0.4, -0.2) is 38.6 Å². The van der Waals surface area contributed by atoms with Crippen LogP contribution in [0.2, 0.25) is 0 Å². The van der Waals surface area contributed by atoms with Gasteiger partial charge < -0.3 is 20.7 Å². The van der Waals surface area contributed by atoms with Gasteiger partial charge in [0.1, 0.15) is 0 Å². The summed E-state index contributed by atoms with van der Waals surface area (Å²) >= 11 is 0. The highest BCUT2D eigenvalue weighted by Crippen LogP contribution is 2.10. The molecule has 0 unspecified atom stereocenters. The van der Waals surface area contributed by atoms with E-state index in [9.17, 15) is 9.59 Å². The molecule has 0 aromatic heterocycles. The zero-order valence-electron chi connectivity index (χ0n) is 14.2. The van der Waals surface area contributed by atoms with Gasteiger partial charge in [0.2, 0.25) is 5.91 Å². The molecule has 0 radical (unpaired) electrons. The molecule has 0 aliphatic rings. The Hall–Kier alpha value is -2.86. The molecule has 6 heteroatoms. The number of hydrogen-bond donors (Lipinski definition) is 3. The molecule has 0 atom stereocenters. The third-order valence-corrected chi connectivity index (χ3v) is 3.50. The van der Waals surface area contributed by atoms with E-state index < -0.39 is 0 Å². The Bertz CT molecular complexity index is 689. The van der Waals surface area contributed by atoms with E-state index in [1.54, 1.807) is 25.3 Å². The first-order valence-corrected chi connectivity index (χ1v) is 8.10. The van der Waals surface area contributed by atoms with Gasteiger partial charge in [-0.2, -0.15) is 0 Å². The SMILES string of the molecule is COCCNC(=O)CNc1cccc(C(=O)NCc2ccccc2)c1. The van der Waals surface area contributed by atoms with Crippen molar-refractivity contribution in [1.29, 1.82) is 0 Å². The van der Waals surface area contributed by atoms with Crippen molar-refractivity contribution in [2.24, 2.45) is 0 Å². The Balaban J connectivity index is 1.83. The van der Waals surface area contributed by atoms with E-state index in [4.69, 9.17) is 4.74 Å². The van der Waals surface area contributed by atoms with E-state index >= 15 is 0 Å². The first kappa shape index (κ1) is 18.5. The average Bonchev–Trinajstić information content (AvgIpc) is 2.66. The molecule has 0 spiro atoms. The van der Waals surface area contributed by atoms with Crippen molar-refractivity contribution in [3.8, 4) is 0 Å². The lowest BCUT2D eigenvalue weighted by atomic mass is 10.1. The van der Waals surface area contributed by atoms with E-state index in [0.717, 1.165) is 5.56 Å². The molecule has 3 N–H and O–H groups in total. The van der Waals surface area contributed by atoms with Gasteiger partial charge in [0.05, 0.1) is 13.2 Å². The molecule has 0 heterocycles. The monoisotopic (exact) mass is 341 g/mol. The second-order valence-electron chi connectivity index (χ2n) is 5.45. The minimum Gasteiger partial charge on any atom is -0.383 e. The van der Waals surface area contributed by atoms with Crippen LogP contribution in [0.3, 0.4) is 0 Å². The second-order valence-corrected chi connectivity index (χ2v) is 5.45. The number of nitrogens with one attached hydrogen (secondary N) is 3. The lowest BCUT2D eigenvalue weighted by Gasteiger charge is -2.09. The maximum atomic E-state index is 12.3. The van der Waals surface area contributed by atoms with Crippen molar-refractivity contribution in [1.82, 2.24) is 10.6 Å². The van der Waals surface area contributed by atoms with Crippen LogP contribution in [0.1, 0.15) is 15.9 Å². The van der Waals surface area contributed by atoms with Crippen LogP contribution in [0, 0.1) is 0 Å². The summed E-state index contributed by atoms with van der Waals surface area (Å²) in [5, 5.41) is 8.61. The summed E-state index contributed by atoms with van der Waals surface area (Å²) in [7, 11) is 1.58. The topological polar surface area (TPSA) is 79.5 Å². The van der Waals surface area contributed by atoms with Crippen LogP contribution in [0.15, 0.2) is 54.6 Å². The first-order chi connectivity index (χ1) is 12.2. The minimum atomic E-state index is -0.156. The van der Waals surface area contributed by atoms with Crippen LogP contribution in [0.25, 0.3) is 0 Å². The number of benzene rings is 2. The number of anilines is 1. The molecule has 2 amide bonds. The van der Waals surface area contributed by atoms with E-state index in [0.29, 0.717) is 30.9 Å². The lowest BCUT2D eigenvalue weighted by Crippen LogP contribution is -2.32. The number of carbonyl (C=O) groups is 2. The van der Waals surface area contributed by atoms with Crippen molar-refractivity contribution in [2.45, 2.75) is 6.54 Å². The molecule has 25 heavy (non-hydrogen) atoms. The summed E-state index contributed by atoms with van der Waals surface area (Å²) in [6.45, 7) is 1.56. The molecular formula is C19H23N3O3. The number of carbonyl (C=O) groups excluding carboxylic acids is 2. The highest BCUT2D eigenvalue weighted by Gasteiger charge is 2.07. The van der Waals surface area contributed by atoms with Crippen LogP contribution < -0.4 is 16.0 Å². The number of methoxy groups -OCH3 is 1. The van der Waals surface area contributed by atoms with Crippen molar-refractivity contribution in [3.05, 3.63) is 65.7 Å². The largest absolute Gasteiger partial charge is 0.383 e. The first-order valence-electron chi connectivity index (χ1n) is 8.10. The Morgan fingerprint density at radius 2 is 1.80 bits per heavy atom. The fourth-order valence-electron chi connectivity index (χ4n) is 2.19.